The Morgan fingerprint density at radius 3 is 2.65 bits per heavy atom. The molecule has 1 heterocycles. The highest BCUT2D eigenvalue weighted by Crippen LogP contribution is 2.20. The van der Waals surface area contributed by atoms with Gasteiger partial charge in [-0.25, -0.2) is 9.78 Å². The summed E-state index contributed by atoms with van der Waals surface area (Å²) in [6.45, 7) is 6.76. The van der Waals surface area contributed by atoms with Gasteiger partial charge < -0.3 is 10.1 Å². The number of Topliss-reactive ketones (excluding diaryl/α,β-unsaturated/α-hetero) is 1. The SMILES string of the molecule is CCNCc1nc(C(=O)OCC)c(C(C)=O)s1. The molecule has 17 heavy (non-hydrogen) atoms. The van der Waals surface area contributed by atoms with Crippen molar-refractivity contribution < 1.29 is 14.3 Å². The zero-order valence-corrected chi connectivity index (χ0v) is 11.0. The summed E-state index contributed by atoms with van der Waals surface area (Å²) in [5.74, 6) is -0.690. The summed E-state index contributed by atoms with van der Waals surface area (Å²) in [7, 11) is 0. The Labute approximate surface area is 104 Å². The number of nitrogens with one attached hydrogen (secondary N) is 1. The number of hydrogen-bond donors (Lipinski definition) is 1. The minimum absolute atomic E-state index is 0.136. The van der Waals surface area contributed by atoms with Crippen molar-refractivity contribution >= 4 is 23.1 Å². The summed E-state index contributed by atoms with van der Waals surface area (Å²) in [4.78, 5) is 27.5. The Hall–Kier alpha value is -1.27. The third kappa shape index (κ3) is 3.61. The number of hydrogen-bond acceptors (Lipinski definition) is 6. The van der Waals surface area contributed by atoms with Crippen LogP contribution in [0, 0.1) is 0 Å². The normalized spacial score (nSPS) is 10.3. The fourth-order valence-electron chi connectivity index (χ4n) is 1.25. The van der Waals surface area contributed by atoms with Crippen molar-refractivity contribution in [2.75, 3.05) is 13.2 Å². The molecule has 0 saturated carbocycles. The number of ether oxygens (including phenoxy) is 1. The van der Waals surface area contributed by atoms with E-state index in [-0.39, 0.29) is 18.1 Å². The van der Waals surface area contributed by atoms with Crippen molar-refractivity contribution in [3.8, 4) is 0 Å². The summed E-state index contributed by atoms with van der Waals surface area (Å²) in [6, 6.07) is 0. The maximum atomic E-state index is 11.6. The van der Waals surface area contributed by atoms with E-state index in [4.69, 9.17) is 4.74 Å². The minimum Gasteiger partial charge on any atom is -0.461 e. The second-order valence-corrected chi connectivity index (χ2v) is 4.43. The molecule has 0 unspecified atom stereocenters. The van der Waals surface area contributed by atoms with Gasteiger partial charge in [-0.05, 0) is 13.5 Å². The number of nitrogens with zero attached hydrogens (tertiary/aromatic N) is 1. The molecule has 0 aromatic carbocycles. The predicted molar refractivity (Wildman–Crippen MR) is 65.5 cm³/mol. The fraction of sp³-hybridized carbons (Fsp3) is 0.545. The van der Waals surface area contributed by atoms with Gasteiger partial charge in [0.25, 0.3) is 0 Å². The van der Waals surface area contributed by atoms with Crippen molar-refractivity contribution in [3.05, 3.63) is 15.6 Å². The number of thiazole rings is 1. The standard InChI is InChI=1S/C11H16N2O3S/c1-4-12-6-8-13-9(11(15)16-5-2)10(17-8)7(3)14/h12H,4-6H2,1-3H3. The highest BCUT2D eigenvalue weighted by atomic mass is 32.1. The molecule has 0 amide bonds. The third-order valence-corrected chi connectivity index (χ3v) is 3.14. The first-order valence-electron chi connectivity index (χ1n) is 5.48. The molecule has 0 aliphatic carbocycles. The number of carbonyl (C=O) groups excluding carboxylic acids is 2. The number of esters is 1. The van der Waals surface area contributed by atoms with Gasteiger partial charge in [0.05, 0.1) is 6.61 Å². The van der Waals surface area contributed by atoms with Crippen LogP contribution in [-0.4, -0.2) is 29.9 Å². The van der Waals surface area contributed by atoms with Gasteiger partial charge in [-0.15, -0.1) is 11.3 Å². The van der Waals surface area contributed by atoms with Gasteiger partial charge in [0, 0.05) is 13.5 Å². The van der Waals surface area contributed by atoms with Crippen LogP contribution in [0.5, 0.6) is 0 Å². The molecule has 0 bridgehead atoms. The summed E-state index contributed by atoms with van der Waals surface area (Å²) < 4.78 is 4.87. The molecule has 0 radical (unpaired) electrons. The Balaban J connectivity index is 2.96. The van der Waals surface area contributed by atoms with E-state index in [1.165, 1.54) is 18.3 Å². The van der Waals surface area contributed by atoms with Crippen LogP contribution in [0.2, 0.25) is 0 Å². The van der Waals surface area contributed by atoms with Crippen molar-refractivity contribution in [2.24, 2.45) is 0 Å². The smallest absolute Gasteiger partial charge is 0.358 e. The van der Waals surface area contributed by atoms with Crippen LogP contribution in [-0.2, 0) is 11.3 Å². The number of aromatic nitrogens is 1. The van der Waals surface area contributed by atoms with E-state index in [1.54, 1.807) is 6.92 Å². The molecule has 94 valence electrons. The van der Waals surface area contributed by atoms with Gasteiger partial charge in [-0.2, -0.15) is 0 Å². The summed E-state index contributed by atoms with van der Waals surface area (Å²) >= 11 is 1.24. The Kier molecular flexibility index (Phi) is 5.24. The van der Waals surface area contributed by atoms with Gasteiger partial charge in [0.2, 0.25) is 0 Å². The molecule has 0 aliphatic heterocycles. The first kappa shape index (κ1) is 13.8. The average molecular weight is 256 g/mol. The molecule has 1 aromatic rings. The lowest BCUT2D eigenvalue weighted by atomic mass is 10.3. The Morgan fingerprint density at radius 1 is 1.41 bits per heavy atom. The molecule has 0 atom stereocenters. The fourth-order valence-corrected chi connectivity index (χ4v) is 2.16. The van der Waals surface area contributed by atoms with Crippen molar-refractivity contribution in [3.63, 3.8) is 0 Å². The zero-order valence-electron chi connectivity index (χ0n) is 10.2. The maximum Gasteiger partial charge on any atom is 0.358 e. The van der Waals surface area contributed by atoms with Crippen LogP contribution in [0.15, 0.2) is 0 Å². The summed E-state index contributed by atoms with van der Waals surface area (Å²) in [5, 5.41) is 3.82. The van der Waals surface area contributed by atoms with E-state index in [0.717, 1.165) is 11.6 Å². The molecule has 6 heteroatoms. The van der Waals surface area contributed by atoms with Crippen LogP contribution in [0.1, 0.15) is 45.9 Å². The quantitative estimate of drug-likeness (QED) is 0.619. The zero-order chi connectivity index (χ0) is 12.8. The minimum atomic E-state index is -0.531. The molecule has 1 aromatic heterocycles. The molecule has 1 N–H and O–H groups in total. The lowest BCUT2D eigenvalue weighted by Gasteiger charge is -1.99. The highest BCUT2D eigenvalue weighted by molar-refractivity contribution is 7.14. The second kappa shape index (κ2) is 6.46. The topological polar surface area (TPSA) is 68.3 Å². The summed E-state index contributed by atoms with van der Waals surface area (Å²) in [5.41, 5.74) is 0.136. The molecule has 0 spiro atoms. The van der Waals surface area contributed by atoms with E-state index in [9.17, 15) is 9.59 Å². The van der Waals surface area contributed by atoms with Gasteiger partial charge in [-0.3, -0.25) is 4.79 Å². The van der Waals surface area contributed by atoms with Gasteiger partial charge in [0.1, 0.15) is 9.88 Å². The molecule has 5 nitrogen and oxygen atoms in total. The Morgan fingerprint density at radius 2 is 2.12 bits per heavy atom. The van der Waals surface area contributed by atoms with Gasteiger partial charge >= 0.3 is 5.97 Å². The van der Waals surface area contributed by atoms with Crippen LogP contribution in [0.4, 0.5) is 0 Å². The van der Waals surface area contributed by atoms with E-state index < -0.39 is 5.97 Å². The van der Waals surface area contributed by atoms with Gasteiger partial charge in [0.15, 0.2) is 11.5 Å². The summed E-state index contributed by atoms with van der Waals surface area (Å²) in [6.07, 6.45) is 0. The number of ketones is 1. The first-order valence-corrected chi connectivity index (χ1v) is 6.30. The van der Waals surface area contributed by atoms with Crippen LogP contribution < -0.4 is 5.32 Å². The molecule has 0 aliphatic rings. The lowest BCUT2D eigenvalue weighted by Crippen LogP contribution is -2.12. The molecule has 0 fully saturated rings. The van der Waals surface area contributed by atoms with Crippen LogP contribution >= 0.6 is 11.3 Å². The molecular weight excluding hydrogens is 240 g/mol. The van der Waals surface area contributed by atoms with Crippen molar-refractivity contribution in [1.29, 1.82) is 0 Å². The van der Waals surface area contributed by atoms with Gasteiger partial charge in [-0.1, -0.05) is 6.92 Å². The van der Waals surface area contributed by atoms with Crippen LogP contribution in [0.25, 0.3) is 0 Å². The monoisotopic (exact) mass is 256 g/mol. The van der Waals surface area contributed by atoms with E-state index >= 15 is 0 Å². The third-order valence-electron chi connectivity index (χ3n) is 1.99. The van der Waals surface area contributed by atoms with E-state index in [0.29, 0.717) is 11.4 Å². The van der Waals surface area contributed by atoms with E-state index in [2.05, 4.69) is 10.3 Å². The van der Waals surface area contributed by atoms with E-state index in [1.807, 2.05) is 6.92 Å². The second-order valence-electron chi connectivity index (χ2n) is 3.34. The van der Waals surface area contributed by atoms with Crippen LogP contribution in [0.3, 0.4) is 0 Å². The van der Waals surface area contributed by atoms with Crippen molar-refractivity contribution in [1.82, 2.24) is 10.3 Å². The largest absolute Gasteiger partial charge is 0.461 e. The first-order chi connectivity index (χ1) is 8.10. The predicted octanol–water partition coefficient (Wildman–Crippen LogP) is 1.63. The highest BCUT2D eigenvalue weighted by Gasteiger charge is 2.21. The molecular formula is C11H16N2O3S. The number of carbonyl (C=O) groups is 2. The Bertz CT molecular complexity index is 415. The molecule has 0 saturated heterocycles. The van der Waals surface area contributed by atoms with Crippen molar-refractivity contribution in [2.45, 2.75) is 27.3 Å². The molecule has 1 rings (SSSR count). The number of rotatable bonds is 6. The maximum absolute atomic E-state index is 11.6. The lowest BCUT2D eigenvalue weighted by molar-refractivity contribution is 0.0517. The average Bonchev–Trinajstić information content (AvgIpc) is 2.71.